The number of carbonyl (C=O) groups excluding carboxylic acids is 2. The number of nitrogens with zero attached hydrogens (tertiary/aromatic N) is 4. The summed E-state index contributed by atoms with van der Waals surface area (Å²) in [6.45, 7) is 10.4. The third-order valence-electron chi connectivity index (χ3n) is 7.36. The van der Waals surface area contributed by atoms with Crippen LogP contribution in [0.4, 0.5) is 23.1 Å². The molecule has 11 heteroatoms. The molecule has 2 aliphatic rings. The van der Waals surface area contributed by atoms with Gasteiger partial charge in [0.05, 0.1) is 26.0 Å². The standard InChI is InChI=1S/C26H38N6O3.C5H10O2/c1-4-35-24(33)12-9-19-18-27-26(30-25(19)28-20-7-5-6-8-20)29-22-11-10-21(17-23(22)34-3)32-15-13-31(2)14-16-32;1-3-5(6)7-4-2/h10-11,17-18,20H,4-9,12-16H2,1-3H3,(H2,27,28,29,30);3-4H2,1-2H3. The molecule has 2 heterocycles. The highest BCUT2D eigenvalue weighted by Gasteiger charge is 2.19. The number of methoxy groups -OCH3 is 1. The van der Waals surface area contributed by atoms with Crippen molar-refractivity contribution in [1.29, 1.82) is 0 Å². The Labute approximate surface area is 250 Å². The van der Waals surface area contributed by atoms with Crippen molar-refractivity contribution in [3.05, 3.63) is 30.0 Å². The van der Waals surface area contributed by atoms with Crippen molar-refractivity contribution < 1.29 is 23.8 Å². The number of aryl methyl sites for hydroxylation is 1. The van der Waals surface area contributed by atoms with Crippen LogP contribution in [0.2, 0.25) is 0 Å². The second kappa shape index (κ2) is 17.4. The number of benzene rings is 1. The molecular formula is C31H48N6O5. The molecule has 4 rings (SSSR count). The van der Waals surface area contributed by atoms with Crippen LogP contribution in [0, 0.1) is 0 Å². The van der Waals surface area contributed by atoms with Crippen molar-refractivity contribution in [2.75, 3.05) is 69.1 Å². The van der Waals surface area contributed by atoms with Crippen LogP contribution in [-0.2, 0) is 25.5 Å². The van der Waals surface area contributed by atoms with E-state index in [-0.39, 0.29) is 11.9 Å². The first kappa shape index (κ1) is 32.9. The molecule has 1 aromatic carbocycles. The van der Waals surface area contributed by atoms with Crippen LogP contribution in [0.15, 0.2) is 24.4 Å². The van der Waals surface area contributed by atoms with Gasteiger partial charge in [-0.05, 0) is 52.3 Å². The molecule has 0 amide bonds. The van der Waals surface area contributed by atoms with Gasteiger partial charge in [0.15, 0.2) is 0 Å². The molecule has 232 valence electrons. The molecule has 0 radical (unpaired) electrons. The summed E-state index contributed by atoms with van der Waals surface area (Å²) in [6.07, 6.45) is 7.84. The molecule has 0 unspecified atom stereocenters. The maximum Gasteiger partial charge on any atom is 0.306 e. The number of likely N-dealkylation sites (N-methyl/N-ethyl adjacent to an activating group) is 1. The molecule has 1 aliphatic carbocycles. The number of rotatable bonds is 12. The minimum atomic E-state index is -0.202. The molecule has 0 bridgehead atoms. The van der Waals surface area contributed by atoms with E-state index in [2.05, 4.69) is 49.3 Å². The van der Waals surface area contributed by atoms with Gasteiger partial charge in [0.1, 0.15) is 11.6 Å². The maximum atomic E-state index is 11.9. The summed E-state index contributed by atoms with van der Waals surface area (Å²) < 4.78 is 15.3. The summed E-state index contributed by atoms with van der Waals surface area (Å²) in [4.78, 5) is 36.1. The Morgan fingerprint density at radius 1 is 1.00 bits per heavy atom. The van der Waals surface area contributed by atoms with Gasteiger partial charge in [0, 0.05) is 68.6 Å². The molecule has 0 spiro atoms. The Balaban J connectivity index is 0.000000616. The van der Waals surface area contributed by atoms with E-state index in [4.69, 9.17) is 14.5 Å². The van der Waals surface area contributed by atoms with Gasteiger partial charge in [-0.15, -0.1) is 0 Å². The third kappa shape index (κ3) is 10.3. The Hall–Kier alpha value is -3.60. The molecule has 1 aliphatic heterocycles. The van der Waals surface area contributed by atoms with Gasteiger partial charge in [-0.25, -0.2) is 4.98 Å². The first-order chi connectivity index (χ1) is 20.4. The smallest absolute Gasteiger partial charge is 0.306 e. The van der Waals surface area contributed by atoms with E-state index >= 15 is 0 Å². The van der Waals surface area contributed by atoms with Crippen molar-refractivity contribution in [3.63, 3.8) is 0 Å². The molecule has 42 heavy (non-hydrogen) atoms. The molecule has 2 N–H and O–H groups in total. The van der Waals surface area contributed by atoms with Crippen molar-refractivity contribution in [2.24, 2.45) is 0 Å². The molecule has 1 aromatic heterocycles. The Morgan fingerprint density at radius 2 is 1.69 bits per heavy atom. The van der Waals surface area contributed by atoms with Gasteiger partial charge in [-0.2, -0.15) is 4.98 Å². The molecule has 0 atom stereocenters. The second-order valence-corrected chi connectivity index (χ2v) is 10.5. The van der Waals surface area contributed by atoms with Crippen molar-refractivity contribution >= 4 is 35.1 Å². The number of hydrogen-bond acceptors (Lipinski definition) is 11. The lowest BCUT2D eigenvalue weighted by Gasteiger charge is -2.34. The van der Waals surface area contributed by atoms with Crippen molar-refractivity contribution in [1.82, 2.24) is 14.9 Å². The number of aromatic nitrogens is 2. The first-order valence-corrected chi connectivity index (χ1v) is 15.2. The number of piperazine rings is 1. The molecule has 2 fully saturated rings. The summed E-state index contributed by atoms with van der Waals surface area (Å²) in [5.41, 5.74) is 2.89. The van der Waals surface area contributed by atoms with Gasteiger partial charge in [-0.1, -0.05) is 19.8 Å². The van der Waals surface area contributed by atoms with Crippen LogP contribution in [-0.4, -0.2) is 86.4 Å². The molecule has 1 saturated carbocycles. The topological polar surface area (TPSA) is 118 Å². The second-order valence-electron chi connectivity index (χ2n) is 10.5. The minimum Gasteiger partial charge on any atom is -0.494 e. The average molecular weight is 585 g/mol. The summed E-state index contributed by atoms with van der Waals surface area (Å²) >= 11 is 0. The molecule has 11 nitrogen and oxygen atoms in total. The molecule has 1 saturated heterocycles. The lowest BCUT2D eigenvalue weighted by atomic mass is 10.1. The summed E-state index contributed by atoms with van der Waals surface area (Å²) in [7, 11) is 3.84. The van der Waals surface area contributed by atoms with Crippen LogP contribution < -0.4 is 20.3 Å². The van der Waals surface area contributed by atoms with Gasteiger partial charge in [0.2, 0.25) is 5.95 Å². The zero-order valence-electron chi connectivity index (χ0n) is 25.9. The zero-order chi connectivity index (χ0) is 30.3. The Morgan fingerprint density at radius 3 is 2.31 bits per heavy atom. The minimum absolute atomic E-state index is 0.123. The van der Waals surface area contributed by atoms with E-state index in [1.807, 2.05) is 13.0 Å². The van der Waals surface area contributed by atoms with Gasteiger partial charge in [-0.3, -0.25) is 9.59 Å². The number of esters is 2. The highest BCUT2D eigenvalue weighted by molar-refractivity contribution is 5.71. The molecule has 2 aromatic rings. The average Bonchev–Trinajstić information content (AvgIpc) is 3.51. The zero-order valence-corrected chi connectivity index (χ0v) is 25.9. The highest BCUT2D eigenvalue weighted by atomic mass is 16.5. The van der Waals surface area contributed by atoms with Gasteiger partial charge in [0.25, 0.3) is 0 Å². The number of anilines is 4. The maximum absolute atomic E-state index is 11.9. The fourth-order valence-corrected chi connectivity index (χ4v) is 4.94. The van der Waals surface area contributed by atoms with Gasteiger partial charge < -0.3 is 34.6 Å². The fraction of sp³-hybridized carbons (Fsp3) is 0.613. The number of ether oxygens (including phenoxy) is 3. The van der Waals surface area contributed by atoms with E-state index in [0.717, 1.165) is 67.5 Å². The lowest BCUT2D eigenvalue weighted by Crippen LogP contribution is -2.44. The summed E-state index contributed by atoms with van der Waals surface area (Å²) in [5.74, 6) is 1.71. The number of hydrogen-bond donors (Lipinski definition) is 2. The Bertz CT molecular complexity index is 1130. The van der Waals surface area contributed by atoms with Crippen LogP contribution in [0.25, 0.3) is 0 Å². The highest BCUT2D eigenvalue weighted by Crippen LogP contribution is 2.32. The van der Waals surface area contributed by atoms with E-state index in [9.17, 15) is 9.59 Å². The van der Waals surface area contributed by atoms with E-state index < -0.39 is 0 Å². The predicted octanol–water partition coefficient (Wildman–Crippen LogP) is 4.79. The summed E-state index contributed by atoms with van der Waals surface area (Å²) in [6, 6.07) is 6.60. The van der Waals surface area contributed by atoms with E-state index in [1.54, 1.807) is 27.2 Å². The monoisotopic (exact) mass is 584 g/mol. The predicted molar refractivity (Wildman–Crippen MR) is 166 cm³/mol. The van der Waals surface area contributed by atoms with Crippen LogP contribution in [0.1, 0.15) is 64.9 Å². The number of carbonyl (C=O) groups is 2. The van der Waals surface area contributed by atoms with Crippen LogP contribution in [0.3, 0.4) is 0 Å². The first-order valence-electron chi connectivity index (χ1n) is 15.2. The third-order valence-corrected chi connectivity index (χ3v) is 7.36. The van der Waals surface area contributed by atoms with Gasteiger partial charge >= 0.3 is 11.9 Å². The lowest BCUT2D eigenvalue weighted by molar-refractivity contribution is -0.143. The SMILES string of the molecule is CCOC(=O)CC.CCOC(=O)CCc1cnc(Nc2ccc(N3CCN(C)CC3)cc2OC)nc1NC1CCCC1. The van der Waals surface area contributed by atoms with Crippen molar-refractivity contribution in [3.8, 4) is 5.75 Å². The Kier molecular flexibility index (Phi) is 13.6. The fourth-order valence-electron chi connectivity index (χ4n) is 4.94. The van der Waals surface area contributed by atoms with Crippen molar-refractivity contribution in [2.45, 2.75) is 71.8 Å². The normalized spacial score (nSPS) is 15.4. The molecular weight excluding hydrogens is 536 g/mol. The van der Waals surface area contributed by atoms with Crippen LogP contribution >= 0.6 is 0 Å². The quantitative estimate of drug-likeness (QED) is 0.335. The van der Waals surface area contributed by atoms with Crippen LogP contribution in [0.5, 0.6) is 5.75 Å². The number of nitrogens with one attached hydrogen (secondary N) is 2. The largest absolute Gasteiger partial charge is 0.494 e. The summed E-state index contributed by atoms with van der Waals surface area (Å²) in [5, 5.41) is 6.92. The van der Waals surface area contributed by atoms with E-state index in [0.29, 0.717) is 44.5 Å². The van der Waals surface area contributed by atoms with E-state index in [1.165, 1.54) is 12.8 Å².